The molecule has 0 radical (unpaired) electrons. The molecule has 1 N–H and O–H groups in total. The molecule has 0 aliphatic rings. The van der Waals surface area contributed by atoms with Gasteiger partial charge in [0.25, 0.3) is 0 Å². The summed E-state index contributed by atoms with van der Waals surface area (Å²) in [4.78, 5) is 0. The lowest BCUT2D eigenvalue weighted by molar-refractivity contribution is 0.0432. The van der Waals surface area contributed by atoms with Crippen LogP contribution in [0.3, 0.4) is 0 Å². The zero-order valence-corrected chi connectivity index (χ0v) is 13.6. The average molecular weight is 340 g/mol. The van der Waals surface area contributed by atoms with Crippen LogP contribution in [0.15, 0.2) is 0 Å². The molecule has 0 saturated carbocycles. The largest absolute Gasteiger partial charge is 0.390 e. The summed E-state index contributed by atoms with van der Waals surface area (Å²) >= 11 is 2.50. The van der Waals surface area contributed by atoms with Crippen molar-refractivity contribution >= 4 is 22.6 Å². The van der Waals surface area contributed by atoms with Gasteiger partial charge < -0.3 is 5.11 Å². The van der Waals surface area contributed by atoms with E-state index in [1.165, 1.54) is 32.1 Å². The van der Waals surface area contributed by atoms with Crippen molar-refractivity contribution in [3.8, 4) is 0 Å². The van der Waals surface area contributed by atoms with Gasteiger partial charge in [0.05, 0.1) is 5.60 Å². The fourth-order valence-electron chi connectivity index (χ4n) is 1.90. The molecule has 0 aliphatic carbocycles. The molecular weight excluding hydrogens is 311 g/mol. The van der Waals surface area contributed by atoms with E-state index in [-0.39, 0.29) is 0 Å². The molecule has 0 amide bonds. The Balaban J connectivity index is 3.47. The first-order valence-corrected chi connectivity index (χ1v) is 7.98. The molecule has 0 aromatic carbocycles. The van der Waals surface area contributed by atoms with E-state index in [0.29, 0.717) is 0 Å². The molecule has 0 fully saturated rings. The lowest BCUT2D eigenvalue weighted by Crippen LogP contribution is -2.22. The van der Waals surface area contributed by atoms with Gasteiger partial charge >= 0.3 is 0 Å². The van der Waals surface area contributed by atoms with Crippen molar-refractivity contribution in [2.45, 2.75) is 82.2 Å². The fraction of sp³-hybridized carbons (Fsp3) is 1.00. The number of aliphatic hydroxyl groups is 1. The Labute approximate surface area is 116 Å². The highest BCUT2D eigenvalue weighted by molar-refractivity contribution is 14.1. The Morgan fingerprint density at radius 3 is 2.19 bits per heavy atom. The van der Waals surface area contributed by atoms with Gasteiger partial charge in [0.2, 0.25) is 0 Å². The van der Waals surface area contributed by atoms with E-state index < -0.39 is 5.60 Å². The van der Waals surface area contributed by atoms with Crippen LogP contribution < -0.4 is 0 Å². The topological polar surface area (TPSA) is 20.2 Å². The minimum atomic E-state index is -0.434. The van der Waals surface area contributed by atoms with Crippen LogP contribution in [0.5, 0.6) is 0 Å². The third kappa shape index (κ3) is 9.88. The minimum Gasteiger partial charge on any atom is -0.390 e. The molecule has 0 rings (SSSR count). The summed E-state index contributed by atoms with van der Waals surface area (Å²) in [6.45, 7) is 8.64. The summed E-state index contributed by atoms with van der Waals surface area (Å²) < 4.78 is 0.811. The minimum absolute atomic E-state index is 0.434. The maximum Gasteiger partial charge on any atom is 0.0617 e. The van der Waals surface area contributed by atoms with E-state index in [1.54, 1.807) is 0 Å². The first kappa shape index (κ1) is 16.7. The smallest absolute Gasteiger partial charge is 0.0617 e. The molecule has 1 unspecified atom stereocenters. The second kappa shape index (κ2) is 8.73. The van der Waals surface area contributed by atoms with Gasteiger partial charge in [-0.1, -0.05) is 69.0 Å². The number of hydrogen-bond acceptors (Lipinski definition) is 1. The van der Waals surface area contributed by atoms with Gasteiger partial charge in [0.1, 0.15) is 0 Å². The Morgan fingerprint density at radius 2 is 1.69 bits per heavy atom. The Kier molecular flexibility index (Phi) is 9.11. The van der Waals surface area contributed by atoms with Gasteiger partial charge in [-0.15, -0.1) is 0 Å². The standard InChI is InChI=1S/C14H29IO/c1-5-14(4,16)11-7-9-12(2)8-6-10-13(3)15/h12-13,16H,5-11H2,1-4H3/t12-,13?,14-/m0/s1. The van der Waals surface area contributed by atoms with Crippen LogP contribution >= 0.6 is 22.6 Å². The zero-order valence-electron chi connectivity index (χ0n) is 11.4. The molecule has 16 heavy (non-hydrogen) atoms. The van der Waals surface area contributed by atoms with Gasteiger partial charge in [-0.05, 0) is 32.1 Å². The predicted molar refractivity (Wildman–Crippen MR) is 81.3 cm³/mol. The van der Waals surface area contributed by atoms with Crippen molar-refractivity contribution in [1.82, 2.24) is 0 Å². The summed E-state index contributed by atoms with van der Waals surface area (Å²) in [5.74, 6) is 0.822. The third-order valence-corrected chi connectivity index (χ3v) is 4.10. The number of rotatable bonds is 9. The quantitative estimate of drug-likeness (QED) is 0.465. The van der Waals surface area contributed by atoms with E-state index in [1.807, 2.05) is 6.92 Å². The molecule has 0 spiro atoms. The van der Waals surface area contributed by atoms with E-state index >= 15 is 0 Å². The van der Waals surface area contributed by atoms with Crippen LogP contribution in [-0.2, 0) is 0 Å². The molecule has 0 heterocycles. The highest BCUT2D eigenvalue weighted by Crippen LogP contribution is 2.22. The van der Waals surface area contributed by atoms with E-state index in [9.17, 15) is 5.11 Å². The van der Waals surface area contributed by atoms with Gasteiger partial charge in [0, 0.05) is 3.92 Å². The van der Waals surface area contributed by atoms with Crippen molar-refractivity contribution < 1.29 is 5.11 Å². The first-order valence-electron chi connectivity index (χ1n) is 6.74. The van der Waals surface area contributed by atoms with E-state index in [4.69, 9.17) is 0 Å². The summed E-state index contributed by atoms with van der Waals surface area (Å²) in [6.07, 6.45) is 8.31. The highest BCUT2D eigenvalue weighted by atomic mass is 127. The number of hydrogen-bond donors (Lipinski definition) is 1. The lowest BCUT2D eigenvalue weighted by atomic mass is 9.91. The van der Waals surface area contributed by atoms with Crippen molar-refractivity contribution in [3.05, 3.63) is 0 Å². The van der Waals surface area contributed by atoms with Crippen LogP contribution in [0.25, 0.3) is 0 Å². The molecular formula is C14H29IO. The third-order valence-electron chi connectivity index (χ3n) is 3.47. The van der Waals surface area contributed by atoms with Gasteiger partial charge in [-0.3, -0.25) is 0 Å². The van der Waals surface area contributed by atoms with Gasteiger partial charge in [0.15, 0.2) is 0 Å². The fourth-order valence-corrected chi connectivity index (χ4v) is 2.34. The Morgan fingerprint density at radius 1 is 1.12 bits per heavy atom. The maximum atomic E-state index is 9.88. The van der Waals surface area contributed by atoms with Crippen LogP contribution in [0.4, 0.5) is 0 Å². The summed E-state index contributed by atoms with van der Waals surface area (Å²) in [5, 5.41) is 9.88. The average Bonchev–Trinajstić information content (AvgIpc) is 2.17. The summed E-state index contributed by atoms with van der Waals surface area (Å²) in [6, 6.07) is 0. The van der Waals surface area contributed by atoms with Crippen molar-refractivity contribution in [2.75, 3.05) is 0 Å². The normalized spacial score (nSPS) is 19.1. The van der Waals surface area contributed by atoms with Crippen LogP contribution in [0.2, 0.25) is 0 Å². The van der Waals surface area contributed by atoms with Crippen molar-refractivity contribution in [2.24, 2.45) is 5.92 Å². The number of alkyl halides is 1. The van der Waals surface area contributed by atoms with Crippen molar-refractivity contribution in [1.29, 1.82) is 0 Å². The zero-order chi connectivity index (χ0) is 12.6. The van der Waals surface area contributed by atoms with Gasteiger partial charge in [-0.2, -0.15) is 0 Å². The second-order valence-electron chi connectivity index (χ2n) is 5.56. The Hall–Kier alpha value is 0.690. The molecule has 2 heteroatoms. The van der Waals surface area contributed by atoms with Crippen LogP contribution in [0, 0.1) is 5.92 Å². The second-order valence-corrected chi connectivity index (χ2v) is 7.69. The lowest BCUT2D eigenvalue weighted by Gasteiger charge is -2.22. The van der Waals surface area contributed by atoms with Crippen LogP contribution in [-0.4, -0.2) is 14.6 Å². The summed E-state index contributed by atoms with van der Waals surface area (Å²) in [7, 11) is 0. The molecule has 0 aliphatic heterocycles. The summed E-state index contributed by atoms with van der Waals surface area (Å²) in [5.41, 5.74) is -0.434. The van der Waals surface area contributed by atoms with Gasteiger partial charge in [-0.25, -0.2) is 0 Å². The molecule has 1 nitrogen and oxygen atoms in total. The molecule has 0 saturated heterocycles. The van der Waals surface area contributed by atoms with Crippen molar-refractivity contribution in [3.63, 3.8) is 0 Å². The van der Waals surface area contributed by atoms with E-state index in [2.05, 4.69) is 43.4 Å². The molecule has 0 bridgehead atoms. The molecule has 98 valence electrons. The Bertz CT molecular complexity index is 166. The predicted octanol–water partition coefficient (Wildman–Crippen LogP) is 4.95. The molecule has 3 atom stereocenters. The first-order chi connectivity index (χ1) is 7.37. The highest BCUT2D eigenvalue weighted by Gasteiger charge is 2.17. The SMILES string of the molecule is CC[C@](C)(O)CCC[C@@H](C)CCCC(C)I. The maximum absolute atomic E-state index is 9.88. The monoisotopic (exact) mass is 340 g/mol. The molecule has 0 aromatic heterocycles. The number of halogens is 1. The van der Waals surface area contributed by atoms with Crippen LogP contribution in [0.1, 0.15) is 72.6 Å². The van der Waals surface area contributed by atoms with E-state index in [0.717, 1.165) is 22.7 Å². The molecule has 0 aromatic rings.